The quantitative estimate of drug-likeness (QED) is 0.363. The lowest BCUT2D eigenvalue weighted by atomic mass is 10.1. The fraction of sp³-hybridized carbons (Fsp3) is 0.560. The number of fused-ring (bicyclic) bond motifs is 2. The van der Waals surface area contributed by atoms with Crippen LogP contribution < -0.4 is 11.1 Å². The van der Waals surface area contributed by atoms with Crippen LogP contribution in [0.1, 0.15) is 76.1 Å². The lowest BCUT2D eigenvalue weighted by molar-refractivity contribution is 0.0757. The second-order valence-electron chi connectivity index (χ2n) is 8.59. The van der Waals surface area contributed by atoms with Gasteiger partial charge in [0.25, 0.3) is 5.91 Å². The van der Waals surface area contributed by atoms with Crippen molar-refractivity contribution in [1.29, 1.82) is 0 Å². The number of nitrogens with two attached hydrogens (primary N) is 1. The molecule has 0 bridgehead atoms. The first kappa shape index (κ1) is 24.0. The van der Waals surface area contributed by atoms with Gasteiger partial charge in [0.2, 0.25) is 0 Å². The molecular formula is C25H37N5O2. The van der Waals surface area contributed by atoms with Crippen LogP contribution in [0.5, 0.6) is 0 Å². The van der Waals surface area contributed by atoms with Crippen molar-refractivity contribution in [3.05, 3.63) is 29.8 Å². The van der Waals surface area contributed by atoms with E-state index >= 15 is 0 Å². The number of hydrogen-bond donors (Lipinski definition) is 2. The number of rotatable bonds is 13. The number of nitrogens with zero attached hydrogens (tertiary/aromatic N) is 3. The van der Waals surface area contributed by atoms with Gasteiger partial charge >= 0.3 is 0 Å². The summed E-state index contributed by atoms with van der Waals surface area (Å²) in [7, 11) is 0. The SMILES string of the molecule is CCCCCCCCn1c(N)c(C(=O)NCCCOC(C)C)c2nc3ccccc3nc21. The highest BCUT2D eigenvalue weighted by molar-refractivity contribution is 6.10. The number of unbranched alkanes of at least 4 members (excludes halogenated alkanes) is 5. The summed E-state index contributed by atoms with van der Waals surface area (Å²) in [5.74, 6) is 0.239. The van der Waals surface area contributed by atoms with Crippen molar-refractivity contribution in [2.24, 2.45) is 0 Å². The molecule has 0 spiro atoms. The zero-order valence-electron chi connectivity index (χ0n) is 19.7. The average Bonchev–Trinajstić information content (AvgIpc) is 3.04. The minimum atomic E-state index is -0.205. The van der Waals surface area contributed by atoms with Crippen LogP contribution in [-0.2, 0) is 11.3 Å². The number of benzene rings is 1. The highest BCUT2D eigenvalue weighted by Crippen LogP contribution is 2.28. The van der Waals surface area contributed by atoms with Crippen LogP contribution in [-0.4, -0.2) is 39.7 Å². The first-order valence-electron chi connectivity index (χ1n) is 12.0. The molecule has 3 N–H and O–H groups in total. The third-order valence-electron chi connectivity index (χ3n) is 5.61. The molecule has 1 aromatic carbocycles. The molecule has 7 nitrogen and oxygen atoms in total. The lowest BCUT2D eigenvalue weighted by Crippen LogP contribution is -2.26. The number of carbonyl (C=O) groups excluding carboxylic acids is 1. The normalized spacial score (nSPS) is 11.6. The minimum absolute atomic E-state index is 0.185. The van der Waals surface area contributed by atoms with E-state index in [2.05, 4.69) is 12.2 Å². The van der Waals surface area contributed by atoms with E-state index in [-0.39, 0.29) is 12.0 Å². The van der Waals surface area contributed by atoms with Gasteiger partial charge in [0.05, 0.1) is 17.1 Å². The molecule has 3 rings (SSSR count). The third-order valence-corrected chi connectivity index (χ3v) is 5.61. The second-order valence-corrected chi connectivity index (χ2v) is 8.59. The Bertz CT molecular complexity index is 1030. The van der Waals surface area contributed by atoms with Crippen molar-refractivity contribution in [3.63, 3.8) is 0 Å². The fourth-order valence-corrected chi connectivity index (χ4v) is 3.90. The Labute approximate surface area is 190 Å². The van der Waals surface area contributed by atoms with Gasteiger partial charge in [-0.2, -0.15) is 0 Å². The molecule has 7 heteroatoms. The first-order chi connectivity index (χ1) is 15.5. The minimum Gasteiger partial charge on any atom is -0.384 e. The predicted octanol–water partition coefficient (Wildman–Crippen LogP) is 5.07. The smallest absolute Gasteiger partial charge is 0.257 e. The molecular weight excluding hydrogens is 402 g/mol. The topological polar surface area (TPSA) is 95.1 Å². The van der Waals surface area contributed by atoms with Crippen LogP contribution in [0.3, 0.4) is 0 Å². The maximum absolute atomic E-state index is 13.1. The van der Waals surface area contributed by atoms with Gasteiger partial charge in [-0.15, -0.1) is 0 Å². The molecule has 1 amide bonds. The van der Waals surface area contributed by atoms with E-state index in [0.717, 1.165) is 36.8 Å². The van der Waals surface area contributed by atoms with Crippen molar-refractivity contribution in [3.8, 4) is 0 Å². The molecule has 0 fully saturated rings. The Balaban J connectivity index is 1.81. The molecule has 0 saturated heterocycles. The standard InChI is InChI=1S/C25H37N5O2/c1-4-5-6-7-8-11-16-30-23(26)21(25(31)27-15-12-17-32-18(2)3)22-24(30)29-20-14-10-9-13-19(20)28-22/h9-10,13-14,18H,4-8,11-12,15-17,26H2,1-3H3,(H,27,31). The molecule has 174 valence electrons. The van der Waals surface area contributed by atoms with Crippen molar-refractivity contribution in [2.45, 2.75) is 78.4 Å². The summed E-state index contributed by atoms with van der Waals surface area (Å²) >= 11 is 0. The van der Waals surface area contributed by atoms with Crippen molar-refractivity contribution in [1.82, 2.24) is 19.9 Å². The molecule has 0 radical (unpaired) electrons. The third kappa shape index (κ3) is 5.97. The van der Waals surface area contributed by atoms with Crippen LogP contribution in [0.25, 0.3) is 22.2 Å². The number of amides is 1. The first-order valence-corrected chi connectivity index (χ1v) is 12.0. The van der Waals surface area contributed by atoms with Gasteiger partial charge in [0, 0.05) is 19.7 Å². The number of anilines is 1. The highest BCUT2D eigenvalue weighted by Gasteiger charge is 2.23. The van der Waals surface area contributed by atoms with E-state index in [0.29, 0.717) is 35.7 Å². The van der Waals surface area contributed by atoms with Gasteiger partial charge < -0.3 is 20.4 Å². The van der Waals surface area contributed by atoms with E-state index in [9.17, 15) is 4.79 Å². The van der Waals surface area contributed by atoms with Crippen LogP contribution in [0.15, 0.2) is 24.3 Å². The Morgan fingerprint density at radius 3 is 2.47 bits per heavy atom. The summed E-state index contributed by atoms with van der Waals surface area (Å²) in [4.78, 5) is 22.6. The predicted molar refractivity (Wildman–Crippen MR) is 131 cm³/mol. The summed E-state index contributed by atoms with van der Waals surface area (Å²) in [6.07, 6.45) is 8.06. The van der Waals surface area contributed by atoms with Crippen LogP contribution in [0, 0.1) is 0 Å². The molecule has 0 aliphatic heterocycles. The molecule has 2 heterocycles. The number of hydrogen-bond acceptors (Lipinski definition) is 5. The summed E-state index contributed by atoms with van der Waals surface area (Å²) in [6.45, 7) is 8.09. The number of nitrogen functional groups attached to an aromatic ring is 1. The Kier molecular flexibility index (Phi) is 8.85. The molecule has 32 heavy (non-hydrogen) atoms. The van der Waals surface area contributed by atoms with Gasteiger partial charge in [0.1, 0.15) is 16.9 Å². The average molecular weight is 440 g/mol. The lowest BCUT2D eigenvalue weighted by Gasteiger charge is -2.09. The number of nitrogens with one attached hydrogen (secondary N) is 1. The summed E-state index contributed by atoms with van der Waals surface area (Å²) in [6, 6.07) is 7.72. The van der Waals surface area contributed by atoms with E-state index < -0.39 is 0 Å². The number of ether oxygens (including phenoxy) is 1. The second kappa shape index (κ2) is 11.8. The molecule has 0 atom stereocenters. The van der Waals surface area contributed by atoms with Gasteiger partial charge in [-0.1, -0.05) is 51.2 Å². The maximum atomic E-state index is 13.1. The van der Waals surface area contributed by atoms with E-state index in [1.165, 1.54) is 25.7 Å². The van der Waals surface area contributed by atoms with Gasteiger partial charge in [-0.05, 0) is 38.8 Å². The van der Waals surface area contributed by atoms with Crippen LogP contribution in [0.4, 0.5) is 5.82 Å². The summed E-state index contributed by atoms with van der Waals surface area (Å²) < 4.78 is 7.52. The summed E-state index contributed by atoms with van der Waals surface area (Å²) in [5, 5.41) is 2.98. The van der Waals surface area contributed by atoms with Crippen molar-refractivity contribution in [2.75, 3.05) is 18.9 Å². The maximum Gasteiger partial charge on any atom is 0.257 e. The Hall–Kier alpha value is -2.67. The van der Waals surface area contributed by atoms with E-state index in [4.69, 9.17) is 20.4 Å². The zero-order chi connectivity index (χ0) is 22.9. The number of aromatic nitrogens is 3. The molecule has 0 aliphatic carbocycles. The zero-order valence-corrected chi connectivity index (χ0v) is 19.7. The Morgan fingerprint density at radius 1 is 1.06 bits per heavy atom. The van der Waals surface area contributed by atoms with E-state index in [1.54, 1.807) is 0 Å². The summed E-state index contributed by atoms with van der Waals surface area (Å²) in [5.41, 5.74) is 9.76. The number of para-hydroxylation sites is 2. The van der Waals surface area contributed by atoms with Crippen LogP contribution in [0.2, 0.25) is 0 Å². The molecule has 0 aliphatic rings. The molecule has 0 saturated carbocycles. The van der Waals surface area contributed by atoms with Gasteiger partial charge in [-0.3, -0.25) is 4.79 Å². The van der Waals surface area contributed by atoms with Crippen molar-refractivity contribution >= 4 is 33.9 Å². The van der Waals surface area contributed by atoms with Gasteiger partial charge in [-0.25, -0.2) is 9.97 Å². The Morgan fingerprint density at radius 2 is 1.75 bits per heavy atom. The largest absolute Gasteiger partial charge is 0.384 e. The number of aryl methyl sites for hydroxylation is 1. The molecule has 3 aromatic rings. The van der Waals surface area contributed by atoms with Gasteiger partial charge in [0.15, 0.2) is 5.65 Å². The highest BCUT2D eigenvalue weighted by atomic mass is 16.5. The van der Waals surface area contributed by atoms with Crippen LogP contribution >= 0.6 is 0 Å². The number of carbonyl (C=O) groups is 1. The molecule has 0 unspecified atom stereocenters. The van der Waals surface area contributed by atoms with Crippen molar-refractivity contribution < 1.29 is 9.53 Å². The fourth-order valence-electron chi connectivity index (χ4n) is 3.90. The monoisotopic (exact) mass is 439 g/mol. The van der Waals surface area contributed by atoms with E-state index in [1.807, 2.05) is 42.7 Å². The molecule has 2 aromatic heterocycles.